The average molecular weight is 222 g/mol. The SMILES string of the molecule is C[C@H](CO)Cc1ccc([C@@H](C)C(=O)O)cc1. The third-order valence-electron chi connectivity index (χ3n) is 2.75. The number of hydrogen-bond acceptors (Lipinski definition) is 2. The van der Waals surface area contributed by atoms with Gasteiger partial charge in [0, 0.05) is 6.61 Å². The first-order chi connectivity index (χ1) is 7.54. The van der Waals surface area contributed by atoms with Crippen molar-refractivity contribution in [3.8, 4) is 0 Å². The molecule has 0 aliphatic rings. The van der Waals surface area contributed by atoms with E-state index in [9.17, 15) is 4.79 Å². The van der Waals surface area contributed by atoms with Crippen molar-refractivity contribution in [2.24, 2.45) is 5.92 Å². The van der Waals surface area contributed by atoms with Crippen molar-refractivity contribution in [2.75, 3.05) is 6.61 Å². The molecule has 0 heterocycles. The van der Waals surface area contributed by atoms with Crippen molar-refractivity contribution in [2.45, 2.75) is 26.2 Å². The molecule has 0 aromatic heterocycles. The molecule has 0 radical (unpaired) electrons. The van der Waals surface area contributed by atoms with Crippen molar-refractivity contribution < 1.29 is 15.0 Å². The van der Waals surface area contributed by atoms with Crippen LogP contribution in [0.15, 0.2) is 24.3 Å². The van der Waals surface area contributed by atoms with E-state index < -0.39 is 11.9 Å². The van der Waals surface area contributed by atoms with E-state index in [4.69, 9.17) is 10.2 Å². The van der Waals surface area contributed by atoms with Crippen LogP contribution in [0.4, 0.5) is 0 Å². The van der Waals surface area contributed by atoms with E-state index in [1.807, 2.05) is 31.2 Å². The number of rotatable bonds is 5. The lowest BCUT2D eigenvalue weighted by Crippen LogP contribution is -2.08. The van der Waals surface area contributed by atoms with Gasteiger partial charge in [-0.05, 0) is 30.4 Å². The minimum atomic E-state index is -0.809. The Bertz CT molecular complexity index is 343. The zero-order valence-electron chi connectivity index (χ0n) is 9.68. The molecule has 88 valence electrons. The topological polar surface area (TPSA) is 57.5 Å². The Hall–Kier alpha value is -1.35. The van der Waals surface area contributed by atoms with Crippen LogP contribution < -0.4 is 0 Å². The van der Waals surface area contributed by atoms with Gasteiger partial charge in [-0.3, -0.25) is 4.79 Å². The molecule has 0 fully saturated rings. The molecule has 3 nitrogen and oxygen atoms in total. The summed E-state index contributed by atoms with van der Waals surface area (Å²) in [6, 6.07) is 7.55. The minimum Gasteiger partial charge on any atom is -0.481 e. The molecule has 0 amide bonds. The van der Waals surface area contributed by atoms with E-state index in [0.717, 1.165) is 17.5 Å². The van der Waals surface area contributed by atoms with Crippen LogP contribution >= 0.6 is 0 Å². The number of benzene rings is 1. The molecule has 2 atom stereocenters. The van der Waals surface area contributed by atoms with Gasteiger partial charge in [0.1, 0.15) is 0 Å². The van der Waals surface area contributed by atoms with E-state index in [1.54, 1.807) is 6.92 Å². The highest BCUT2D eigenvalue weighted by Gasteiger charge is 2.13. The number of aliphatic carboxylic acids is 1. The Morgan fingerprint density at radius 1 is 1.25 bits per heavy atom. The molecule has 0 aliphatic carbocycles. The molecular formula is C13H18O3. The molecule has 1 aromatic carbocycles. The Kier molecular flexibility index (Phi) is 4.50. The molecule has 2 N–H and O–H groups in total. The van der Waals surface area contributed by atoms with Gasteiger partial charge in [-0.1, -0.05) is 31.2 Å². The summed E-state index contributed by atoms with van der Waals surface area (Å²) >= 11 is 0. The second kappa shape index (κ2) is 5.66. The molecule has 0 unspecified atom stereocenters. The van der Waals surface area contributed by atoms with Crippen LogP contribution in [-0.2, 0) is 11.2 Å². The molecule has 0 spiro atoms. The van der Waals surface area contributed by atoms with Gasteiger partial charge in [0.2, 0.25) is 0 Å². The Balaban J connectivity index is 2.71. The molecule has 3 heteroatoms. The summed E-state index contributed by atoms with van der Waals surface area (Å²) in [5.74, 6) is -1.04. The van der Waals surface area contributed by atoms with Gasteiger partial charge >= 0.3 is 5.97 Å². The normalized spacial score (nSPS) is 14.4. The number of aliphatic hydroxyl groups is 1. The third-order valence-corrected chi connectivity index (χ3v) is 2.75. The van der Waals surface area contributed by atoms with Crippen molar-refractivity contribution in [3.05, 3.63) is 35.4 Å². The smallest absolute Gasteiger partial charge is 0.310 e. The molecule has 1 rings (SSSR count). The van der Waals surface area contributed by atoms with E-state index in [-0.39, 0.29) is 12.5 Å². The van der Waals surface area contributed by atoms with Gasteiger partial charge in [0.05, 0.1) is 5.92 Å². The van der Waals surface area contributed by atoms with Crippen LogP contribution in [0.1, 0.15) is 30.9 Å². The van der Waals surface area contributed by atoms with Gasteiger partial charge in [-0.25, -0.2) is 0 Å². The van der Waals surface area contributed by atoms with Crippen LogP contribution in [0.5, 0.6) is 0 Å². The average Bonchev–Trinajstić information content (AvgIpc) is 2.28. The standard InChI is InChI=1S/C13H18O3/c1-9(8-14)7-11-3-5-12(6-4-11)10(2)13(15)16/h3-6,9-10,14H,7-8H2,1-2H3,(H,15,16)/t9-,10+/m0/s1. The number of carboxylic acids is 1. The van der Waals surface area contributed by atoms with Gasteiger partial charge in [0.25, 0.3) is 0 Å². The highest BCUT2D eigenvalue weighted by atomic mass is 16.4. The number of aliphatic hydroxyl groups excluding tert-OH is 1. The summed E-state index contributed by atoms with van der Waals surface area (Å²) in [6.45, 7) is 3.83. The third kappa shape index (κ3) is 3.35. The minimum absolute atomic E-state index is 0.174. The van der Waals surface area contributed by atoms with Crippen molar-refractivity contribution in [3.63, 3.8) is 0 Å². The van der Waals surface area contributed by atoms with Crippen molar-refractivity contribution in [1.29, 1.82) is 0 Å². The van der Waals surface area contributed by atoms with E-state index in [2.05, 4.69) is 0 Å². The van der Waals surface area contributed by atoms with Crippen LogP contribution in [0, 0.1) is 5.92 Å². The molecule has 16 heavy (non-hydrogen) atoms. The number of carbonyl (C=O) groups is 1. The largest absolute Gasteiger partial charge is 0.481 e. The van der Waals surface area contributed by atoms with Crippen molar-refractivity contribution in [1.82, 2.24) is 0 Å². The molecule has 1 aromatic rings. The fourth-order valence-corrected chi connectivity index (χ4v) is 1.55. The van der Waals surface area contributed by atoms with Gasteiger partial charge < -0.3 is 10.2 Å². The number of hydrogen-bond donors (Lipinski definition) is 2. The predicted octanol–water partition coefficient (Wildman–Crippen LogP) is 2.05. The number of carboxylic acid groups (broad SMARTS) is 1. The lowest BCUT2D eigenvalue weighted by Gasteiger charge is -2.10. The first-order valence-corrected chi connectivity index (χ1v) is 5.47. The van der Waals surface area contributed by atoms with Crippen LogP contribution in [0.2, 0.25) is 0 Å². The zero-order chi connectivity index (χ0) is 12.1. The fourth-order valence-electron chi connectivity index (χ4n) is 1.55. The maximum atomic E-state index is 10.8. The highest BCUT2D eigenvalue weighted by Crippen LogP contribution is 2.17. The second-order valence-corrected chi connectivity index (χ2v) is 4.29. The van der Waals surface area contributed by atoms with Crippen LogP contribution in [0.25, 0.3) is 0 Å². The summed E-state index contributed by atoms with van der Waals surface area (Å²) < 4.78 is 0. The second-order valence-electron chi connectivity index (χ2n) is 4.29. The van der Waals surface area contributed by atoms with E-state index in [1.165, 1.54) is 0 Å². The lowest BCUT2D eigenvalue weighted by molar-refractivity contribution is -0.138. The van der Waals surface area contributed by atoms with Gasteiger partial charge in [0.15, 0.2) is 0 Å². The zero-order valence-corrected chi connectivity index (χ0v) is 9.68. The summed E-state index contributed by atoms with van der Waals surface area (Å²) in [7, 11) is 0. The Morgan fingerprint density at radius 2 is 1.81 bits per heavy atom. The highest BCUT2D eigenvalue weighted by molar-refractivity contribution is 5.75. The van der Waals surface area contributed by atoms with E-state index >= 15 is 0 Å². The Labute approximate surface area is 95.7 Å². The molecule has 0 aliphatic heterocycles. The molecule has 0 saturated carbocycles. The van der Waals surface area contributed by atoms with Gasteiger partial charge in [-0.2, -0.15) is 0 Å². The first-order valence-electron chi connectivity index (χ1n) is 5.47. The van der Waals surface area contributed by atoms with Gasteiger partial charge in [-0.15, -0.1) is 0 Å². The van der Waals surface area contributed by atoms with Crippen molar-refractivity contribution >= 4 is 5.97 Å². The van der Waals surface area contributed by atoms with Crippen LogP contribution in [-0.4, -0.2) is 22.8 Å². The first kappa shape index (κ1) is 12.7. The summed E-state index contributed by atoms with van der Waals surface area (Å²) in [4.78, 5) is 10.8. The quantitative estimate of drug-likeness (QED) is 0.801. The summed E-state index contributed by atoms with van der Waals surface area (Å²) in [6.07, 6.45) is 0.818. The monoisotopic (exact) mass is 222 g/mol. The molecular weight excluding hydrogens is 204 g/mol. The lowest BCUT2D eigenvalue weighted by atomic mass is 9.96. The molecule has 0 saturated heterocycles. The summed E-state index contributed by atoms with van der Waals surface area (Å²) in [5.41, 5.74) is 1.94. The van der Waals surface area contributed by atoms with Crippen LogP contribution in [0.3, 0.4) is 0 Å². The van der Waals surface area contributed by atoms with E-state index in [0.29, 0.717) is 0 Å². The maximum Gasteiger partial charge on any atom is 0.310 e. The maximum absolute atomic E-state index is 10.8. The molecule has 0 bridgehead atoms. The Morgan fingerprint density at radius 3 is 2.25 bits per heavy atom. The predicted molar refractivity (Wildman–Crippen MR) is 62.4 cm³/mol. The summed E-state index contributed by atoms with van der Waals surface area (Å²) in [5, 5.41) is 17.8. The fraction of sp³-hybridized carbons (Fsp3) is 0.462.